The summed E-state index contributed by atoms with van der Waals surface area (Å²) < 4.78 is 10.5. The maximum absolute atomic E-state index is 11.7. The van der Waals surface area contributed by atoms with Gasteiger partial charge in [-0.15, -0.1) is 0 Å². The zero-order valence-corrected chi connectivity index (χ0v) is 12.7. The minimum Gasteiger partial charge on any atom is -0.497 e. The zero-order valence-electron chi connectivity index (χ0n) is 12.7. The second-order valence-electron chi connectivity index (χ2n) is 4.17. The molecule has 1 amide bonds. The molecule has 0 spiro atoms. The summed E-state index contributed by atoms with van der Waals surface area (Å²) in [5, 5.41) is 3.05. The maximum atomic E-state index is 11.7. The molecule has 2 rings (SSSR count). The van der Waals surface area contributed by atoms with E-state index in [-0.39, 0.29) is 5.91 Å². The number of ether oxygens (including phenoxy) is 2. The molecule has 1 N–H and O–H groups in total. The Balaban J connectivity index is 0.000000956. The predicted octanol–water partition coefficient (Wildman–Crippen LogP) is 1.66. The van der Waals surface area contributed by atoms with Gasteiger partial charge >= 0.3 is 0 Å². The first-order chi connectivity index (χ1) is 9.74. The molecule has 1 aromatic carbocycles. The number of piperazine rings is 1. The normalized spacial score (nSPS) is 14.4. The van der Waals surface area contributed by atoms with Crippen LogP contribution in [0.2, 0.25) is 0 Å². The second-order valence-corrected chi connectivity index (χ2v) is 4.17. The van der Waals surface area contributed by atoms with Gasteiger partial charge in [-0.2, -0.15) is 0 Å². The van der Waals surface area contributed by atoms with E-state index in [9.17, 15) is 4.79 Å². The Morgan fingerprint density at radius 3 is 2.60 bits per heavy atom. The van der Waals surface area contributed by atoms with E-state index in [4.69, 9.17) is 9.47 Å². The van der Waals surface area contributed by atoms with Crippen molar-refractivity contribution in [2.45, 2.75) is 20.4 Å². The number of methoxy groups -OCH3 is 2. The summed E-state index contributed by atoms with van der Waals surface area (Å²) >= 11 is 0. The van der Waals surface area contributed by atoms with Crippen LogP contribution in [-0.4, -0.2) is 44.7 Å². The number of carbonyl (C=O) groups excluding carboxylic acids is 1. The molecule has 0 atom stereocenters. The average molecular weight is 280 g/mol. The monoisotopic (exact) mass is 280 g/mol. The number of rotatable bonds is 4. The van der Waals surface area contributed by atoms with Gasteiger partial charge in [-0.05, 0) is 12.1 Å². The second kappa shape index (κ2) is 8.43. The van der Waals surface area contributed by atoms with Gasteiger partial charge in [0.2, 0.25) is 5.91 Å². The lowest BCUT2D eigenvalue weighted by molar-refractivity contribution is -0.132. The third-order valence-electron chi connectivity index (χ3n) is 3.04. The number of hydrogen-bond donors (Lipinski definition) is 1. The lowest BCUT2D eigenvalue weighted by atomic mass is 10.1. The fourth-order valence-electron chi connectivity index (χ4n) is 2.00. The van der Waals surface area contributed by atoms with Gasteiger partial charge in [0.05, 0.1) is 20.8 Å². The quantitative estimate of drug-likeness (QED) is 0.911. The van der Waals surface area contributed by atoms with Gasteiger partial charge in [0.25, 0.3) is 0 Å². The van der Waals surface area contributed by atoms with Crippen LogP contribution in [0.5, 0.6) is 11.5 Å². The topological polar surface area (TPSA) is 50.8 Å². The Labute approximate surface area is 120 Å². The van der Waals surface area contributed by atoms with Crippen LogP contribution in [-0.2, 0) is 11.3 Å². The van der Waals surface area contributed by atoms with Crippen molar-refractivity contribution in [1.82, 2.24) is 10.2 Å². The summed E-state index contributed by atoms with van der Waals surface area (Å²) in [6.45, 7) is 6.56. The molecule has 0 aliphatic carbocycles. The van der Waals surface area contributed by atoms with E-state index < -0.39 is 0 Å². The largest absolute Gasteiger partial charge is 0.497 e. The molecule has 1 fully saturated rings. The molecular weight excluding hydrogens is 256 g/mol. The van der Waals surface area contributed by atoms with Gasteiger partial charge in [-0.1, -0.05) is 13.8 Å². The molecule has 1 aliphatic rings. The van der Waals surface area contributed by atoms with Crippen molar-refractivity contribution in [3.8, 4) is 11.5 Å². The highest BCUT2D eigenvalue weighted by molar-refractivity contribution is 5.79. The molecule has 0 aromatic heterocycles. The highest BCUT2D eigenvalue weighted by Gasteiger charge is 2.19. The van der Waals surface area contributed by atoms with Gasteiger partial charge in [0.1, 0.15) is 11.5 Å². The van der Waals surface area contributed by atoms with Crippen LogP contribution in [0, 0.1) is 0 Å². The van der Waals surface area contributed by atoms with Crippen molar-refractivity contribution in [1.29, 1.82) is 0 Å². The summed E-state index contributed by atoms with van der Waals surface area (Å²) in [5.41, 5.74) is 0.994. The third kappa shape index (κ3) is 4.13. The van der Waals surface area contributed by atoms with E-state index in [0.29, 0.717) is 13.1 Å². The summed E-state index contributed by atoms with van der Waals surface area (Å²) in [6, 6.07) is 5.65. The maximum Gasteiger partial charge on any atom is 0.236 e. The van der Waals surface area contributed by atoms with E-state index >= 15 is 0 Å². The summed E-state index contributed by atoms with van der Waals surface area (Å²) in [6.07, 6.45) is 0. The van der Waals surface area contributed by atoms with E-state index in [2.05, 4.69) is 5.32 Å². The molecule has 1 aromatic rings. The zero-order chi connectivity index (χ0) is 15.0. The summed E-state index contributed by atoms with van der Waals surface area (Å²) in [5.74, 6) is 1.63. The average Bonchev–Trinajstić information content (AvgIpc) is 2.52. The first-order valence-corrected chi connectivity index (χ1v) is 6.94. The lowest BCUT2D eigenvalue weighted by Crippen LogP contribution is -2.47. The Bertz CT molecular complexity index is 435. The molecule has 5 nitrogen and oxygen atoms in total. The summed E-state index contributed by atoms with van der Waals surface area (Å²) in [7, 11) is 3.24. The molecule has 0 radical (unpaired) electrons. The molecule has 112 valence electrons. The van der Waals surface area contributed by atoms with E-state index in [1.54, 1.807) is 14.2 Å². The highest BCUT2D eigenvalue weighted by atomic mass is 16.5. The van der Waals surface area contributed by atoms with E-state index in [0.717, 1.165) is 30.2 Å². The van der Waals surface area contributed by atoms with Crippen molar-refractivity contribution in [3.05, 3.63) is 23.8 Å². The fraction of sp³-hybridized carbons (Fsp3) is 0.533. The van der Waals surface area contributed by atoms with Gasteiger partial charge < -0.3 is 19.7 Å². The van der Waals surface area contributed by atoms with E-state index in [1.165, 1.54) is 0 Å². The molecular formula is C15H24N2O3. The van der Waals surface area contributed by atoms with Gasteiger partial charge in [0, 0.05) is 31.3 Å². The number of benzene rings is 1. The van der Waals surface area contributed by atoms with Crippen molar-refractivity contribution in [3.63, 3.8) is 0 Å². The van der Waals surface area contributed by atoms with Crippen LogP contribution in [0.15, 0.2) is 18.2 Å². The molecule has 1 saturated heterocycles. The Kier molecular flexibility index (Phi) is 6.87. The van der Waals surface area contributed by atoms with Gasteiger partial charge in [-0.25, -0.2) is 0 Å². The molecule has 20 heavy (non-hydrogen) atoms. The van der Waals surface area contributed by atoms with Crippen molar-refractivity contribution in [2.75, 3.05) is 33.9 Å². The Morgan fingerprint density at radius 2 is 2.00 bits per heavy atom. The molecule has 1 heterocycles. The highest BCUT2D eigenvalue weighted by Crippen LogP contribution is 2.25. The van der Waals surface area contributed by atoms with E-state index in [1.807, 2.05) is 36.9 Å². The molecule has 0 unspecified atom stereocenters. The predicted molar refractivity (Wildman–Crippen MR) is 79.2 cm³/mol. The Morgan fingerprint density at radius 1 is 1.25 bits per heavy atom. The number of nitrogens with zero attached hydrogens (tertiary/aromatic N) is 1. The minimum atomic E-state index is 0.124. The van der Waals surface area contributed by atoms with Crippen LogP contribution >= 0.6 is 0 Å². The Hall–Kier alpha value is -1.75. The van der Waals surface area contributed by atoms with Crippen LogP contribution in [0.25, 0.3) is 0 Å². The molecule has 0 saturated carbocycles. The first kappa shape index (κ1) is 16.3. The number of hydrogen-bond acceptors (Lipinski definition) is 4. The fourth-order valence-corrected chi connectivity index (χ4v) is 2.00. The van der Waals surface area contributed by atoms with Crippen LogP contribution in [0.3, 0.4) is 0 Å². The van der Waals surface area contributed by atoms with Gasteiger partial charge in [0.15, 0.2) is 0 Å². The molecule has 1 aliphatic heterocycles. The SMILES string of the molecule is CC.COc1ccc(CN2CCNCC2=O)c(OC)c1. The first-order valence-electron chi connectivity index (χ1n) is 6.94. The lowest BCUT2D eigenvalue weighted by Gasteiger charge is -2.28. The molecule has 0 bridgehead atoms. The standard InChI is InChI=1S/C13H18N2O3.C2H6/c1-17-11-4-3-10(12(7-11)18-2)9-15-6-5-14-8-13(15)16;1-2/h3-4,7,14H,5-6,8-9H2,1-2H3;1-2H3. The third-order valence-corrected chi connectivity index (χ3v) is 3.04. The van der Waals surface area contributed by atoms with Gasteiger partial charge in [-0.3, -0.25) is 4.79 Å². The smallest absolute Gasteiger partial charge is 0.236 e. The number of nitrogens with one attached hydrogen (secondary N) is 1. The van der Waals surface area contributed by atoms with Crippen molar-refractivity contribution < 1.29 is 14.3 Å². The van der Waals surface area contributed by atoms with Crippen molar-refractivity contribution >= 4 is 5.91 Å². The van der Waals surface area contributed by atoms with Crippen LogP contribution < -0.4 is 14.8 Å². The minimum absolute atomic E-state index is 0.124. The van der Waals surface area contributed by atoms with Crippen molar-refractivity contribution in [2.24, 2.45) is 0 Å². The summed E-state index contributed by atoms with van der Waals surface area (Å²) in [4.78, 5) is 13.6. The molecule has 5 heteroatoms. The van der Waals surface area contributed by atoms with Crippen LogP contribution in [0.1, 0.15) is 19.4 Å². The number of amides is 1. The van der Waals surface area contributed by atoms with Crippen LogP contribution in [0.4, 0.5) is 0 Å². The number of carbonyl (C=O) groups is 1.